The molecular weight excluding hydrogens is 388 g/mol. The summed E-state index contributed by atoms with van der Waals surface area (Å²) >= 11 is 0. The first-order valence-corrected chi connectivity index (χ1v) is 10.3. The molecule has 3 heterocycles. The normalized spacial score (nSPS) is 13.5. The van der Waals surface area contributed by atoms with Crippen LogP contribution in [0, 0.1) is 13.8 Å². The number of pyridine rings is 1. The van der Waals surface area contributed by atoms with Gasteiger partial charge in [-0.15, -0.1) is 0 Å². The van der Waals surface area contributed by atoms with Crippen LogP contribution in [0.25, 0.3) is 16.7 Å². The third-order valence-electron chi connectivity index (χ3n) is 5.79. The Balaban J connectivity index is 1.65. The van der Waals surface area contributed by atoms with E-state index < -0.39 is 0 Å². The number of aromatic nitrogens is 3. The van der Waals surface area contributed by atoms with Crippen LogP contribution >= 0.6 is 0 Å². The van der Waals surface area contributed by atoms with E-state index in [0.717, 1.165) is 16.8 Å². The van der Waals surface area contributed by atoms with Gasteiger partial charge >= 0.3 is 0 Å². The molecule has 5 rings (SSSR count). The maximum Gasteiger partial charge on any atom is 0.267 e. The van der Waals surface area contributed by atoms with Gasteiger partial charge in [-0.05, 0) is 55.2 Å². The maximum absolute atomic E-state index is 13.4. The van der Waals surface area contributed by atoms with Crippen LogP contribution in [0.5, 0.6) is 0 Å². The molecule has 6 nitrogen and oxygen atoms in total. The molecule has 2 aromatic carbocycles. The summed E-state index contributed by atoms with van der Waals surface area (Å²) < 4.78 is 1.73. The highest BCUT2D eigenvalue weighted by molar-refractivity contribution is 6.37. The molecule has 2 aromatic heterocycles. The van der Waals surface area contributed by atoms with Gasteiger partial charge in [-0.25, -0.2) is 14.6 Å². The van der Waals surface area contributed by atoms with Crippen molar-refractivity contribution in [3.63, 3.8) is 0 Å². The van der Waals surface area contributed by atoms with Crippen LogP contribution in [0.1, 0.15) is 57.3 Å². The van der Waals surface area contributed by atoms with Crippen molar-refractivity contribution < 1.29 is 9.59 Å². The lowest BCUT2D eigenvalue weighted by Crippen LogP contribution is -2.29. The summed E-state index contributed by atoms with van der Waals surface area (Å²) in [5.41, 5.74) is 5.61. The number of benzene rings is 2. The highest BCUT2D eigenvalue weighted by atomic mass is 16.2. The van der Waals surface area contributed by atoms with Crippen LogP contribution in [0.15, 0.2) is 54.7 Å². The van der Waals surface area contributed by atoms with Crippen LogP contribution in [-0.2, 0) is 0 Å². The quantitative estimate of drug-likeness (QED) is 0.448. The molecule has 4 aromatic rings. The molecule has 0 saturated carbocycles. The highest BCUT2D eigenvalue weighted by Gasteiger charge is 2.40. The van der Waals surface area contributed by atoms with Gasteiger partial charge in [-0.3, -0.25) is 9.59 Å². The predicted octanol–water partition coefficient (Wildman–Crippen LogP) is 4.96. The first kappa shape index (κ1) is 19.2. The number of rotatable bonds is 3. The molecule has 1 aliphatic rings. The van der Waals surface area contributed by atoms with E-state index in [2.05, 4.69) is 23.9 Å². The third kappa shape index (κ3) is 2.86. The van der Waals surface area contributed by atoms with Gasteiger partial charge in [0.05, 0.1) is 33.6 Å². The second-order valence-corrected chi connectivity index (χ2v) is 8.27. The Hall–Kier alpha value is -3.80. The first-order chi connectivity index (χ1) is 14.9. The zero-order valence-electron chi connectivity index (χ0n) is 17.9. The molecule has 0 radical (unpaired) electrons. The van der Waals surface area contributed by atoms with Crippen LogP contribution in [0.4, 0.5) is 5.69 Å². The smallest absolute Gasteiger partial charge is 0.267 e. The Morgan fingerprint density at radius 1 is 0.903 bits per heavy atom. The molecular formula is C25H22N4O2. The standard InChI is InChI=1S/C25H22N4O2/c1-14(2)17-8-10-18(11-9-17)28-24(30)20-13-26-23-21(22(20)25(28)31)16(4)27-29(23)19-7-5-6-15(3)12-19/h5-14H,1-4H3. The zero-order valence-corrected chi connectivity index (χ0v) is 17.9. The lowest BCUT2D eigenvalue weighted by Gasteiger charge is -2.15. The Labute approximate surface area is 180 Å². The van der Waals surface area contributed by atoms with E-state index in [1.165, 1.54) is 11.1 Å². The number of carbonyl (C=O) groups is 2. The lowest BCUT2D eigenvalue weighted by atomic mass is 10.0. The summed E-state index contributed by atoms with van der Waals surface area (Å²) in [5, 5.41) is 5.26. The number of nitrogens with zero attached hydrogens (tertiary/aromatic N) is 4. The lowest BCUT2D eigenvalue weighted by molar-refractivity contribution is 0.0926. The number of carbonyl (C=O) groups excluding carboxylic acids is 2. The summed E-state index contributed by atoms with van der Waals surface area (Å²) in [6.45, 7) is 8.06. The Morgan fingerprint density at radius 2 is 1.65 bits per heavy atom. The van der Waals surface area contributed by atoms with Gasteiger partial charge in [0, 0.05) is 6.20 Å². The van der Waals surface area contributed by atoms with E-state index in [9.17, 15) is 9.59 Å². The molecule has 2 amide bonds. The van der Waals surface area contributed by atoms with Crippen LogP contribution in [-0.4, -0.2) is 26.6 Å². The largest absolute Gasteiger partial charge is 0.268 e. The molecule has 0 unspecified atom stereocenters. The van der Waals surface area contributed by atoms with Gasteiger partial charge in [-0.1, -0.05) is 38.1 Å². The molecule has 0 atom stereocenters. The Morgan fingerprint density at radius 3 is 2.32 bits per heavy atom. The van der Waals surface area contributed by atoms with Crippen molar-refractivity contribution in [3.8, 4) is 5.69 Å². The topological polar surface area (TPSA) is 68.1 Å². The average Bonchev–Trinajstić information content (AvgIpc) is 3.22. The first-order valence-electron chi connectivity index (χ1n) is 10.3. The summed E-state index contributed by atoms with van der Waals surface area (Å²) in [6.07, 6.45) is 1.49. The van der Waals surface area contributed by atoms with Crippen LogP contribution in [0.2, 0.25) is 0 Å². The summed E-state index contributed by atoms with van der Waals surface area (Å²) in [4.78, 5) is 32.3. The second kappa shape index (κ2) is 6.87. The van der Waals surface area contributed by atoms with E-state index in [1.807, 2.05) is 62.4 Å². The molecule has 0 bridgehead atoms. The van der Waals surface area contributed by atoms with Gasteiger partial charge < -0.3 is 0 Å². The van der Waals surface area contributed by atoms with Gasteiger partial charge in [0.15, 0.2) is 5.65 Å². The maximum atomic E-state index is 13.4. The van der Waals surface area contributed by atoms with E-state index in [4.69, 9.17) is 0 Å². The number of hydrogen-bond donors (Lipinski definition) is 0. The fourth-order valence-corrected chi connectivity index (χ4v) is 4.14. The van der Waals surface area contributed by atoms with Crippen molar-refractivity contribution in [1.29, 1.82) is 0 Å². The van der Waals surface area contributed by atoms with Crippen molar-refractivity contribution in [2.24, 2.45) is 0 Å². The molecule has 0 fully saturated rings. The number of imide groups is 1. The van der Waals surface area contributed by atoms with E-state index in [0.29, 0.717) is 39.5 Å². The minimum atomic E-state index is -0.352. The third-order valence-corrected chi connectivity index (χ3v) is 5.79. The molecule has 1 aliphatic heterocycles. The van der Waals surface area contributed by atoms with Gasteiger partial charge in [0.1, 0.15) is 0 Å². The van der Waals surface area contributed by atoms with Crippen LogP contribution in [0.3, 0.4) is 0 Å². The van der Waals surface area contributed by atoms with Crippen molar-refractivity contribution in [3.05, 3.63) is 82.7 Å². The predicted molar refractivity (Wildman–Crippen MR) is 120 cm³/mol. The van der Waals surface area contributed by atoms with Crippen molar-refractivity contribution >= 4 is 28.5 Å². The Bertz CT molecular complexity index is 1370. The molecule has 31 heavy (non-hydrogen) atoms. The van der Waals surface area contributed by atoms with Gasteiger partial charge in [0.2, 0.25) is 0 Å². The van der Waals surface area contributed by atoms with Gasteiger partial charge in [0.25, 0.3) is 11.8 Å². The van der Waals surface area contributed by atoms with Gasteiger partial charge in [-0.2, -0.15) is 5.10 Å². The number of hydrogen-bond acceptors (Lipinski definition) is 4. The summed E-state index contributed by atoms with van der Waals surface area (Å²) in [5.74, 6) is -0.318. The zero-order chi connectivity index (χ0) is 21.9. The molecule has 0 N–H and O–H groups in total. The number of fused-ring (bicyclic) bond motifs is 3. The molecule has 0 spiro atoms. The fraction of sp³-hybridized carbons (Fsp3) is 0.200. The minimum Gasteiger partial charge on any atom is -0.268 e. The molecule has 0 saturated heterocycles. The monoisotopic (exact) mass is 410 g/mol. The average molecular weight is 410 g/mol. The summed E-state index contributed by atoms with van der Waals surface area (Å²) in [6, 6.07) is 15.5. The highest BCUT2D eigenvalue weighted by Crippen LogP contribution is 2.35. The Kier molecular flexibility index (Phi) is 4.25. The second-order valence-electron chi connectivity index (χ2n) is 8.27. The molecule has 6 heteroatoms. The van der Waals surface area contributed by atoms with E-state index in [1.54, 1.807) is 4.68 Å². The van der Waals surface area contributed by atoms with Crippen LogP contribution < -0.4 is 4.90 Å². The van der Waals surface area contributed by atoms with E-state index >= 15 is 0 Å². The van der Waals surface area contributed by atoms with Crippen molar-refractivity contribution in [2.75, 3.05) is 4.90 Å². The SMILES string of the molecule is Cc1cccc(-n2nc(C)c3c4c(cnc32)C(=O)N(c2ccc(C(C)C)cc2)C4=O)c1. The summed E-state index contributed by atoms with van der Waals surface area (Å²) in [7, 11) is 0. The van der Waals surface area contributed by atoms with E-state index in [-0.39, 0.29) is 11.8 Å². The minimum absolute atomic E-state index is 0.317. The number of aryl methyl sites for hydroxylation is 2. The number of amides is 2. The van der Waals surface area contributed by atoms with Crippen molar-refractivity contribution in [2.45, 2.75) is 33.6 Å². The molecule has 0 aliphatic carbocycles. The number of anilines is 1. The molecule has 154 valence electrons. The van der Waals surface area contributed by atoms with Crippen molar-refractivity contribution in [1.82, 2.24) is 14.8 Å². The fourth-order valence-electron chi connectivity index (χ4n) is 4.14.